The molecule has 1 aromatic carbocycles. The van der Waals surface area contributed by atoms with Gasteiger partial charge in [0.1, 0.15) is 4.90 Å². The molecule has 0 saturated carbocycles. The molecule has 0 spiro atoms. The number of quaternary nitrogens is 1. The minimum absolute atomic E-state index is 0.380. The summed E-state index contributed by atoms with van der Waals surface area (Å²) in [5.41, 5.74) is -0.380. The average Bonchev–Trinajstić information content (AvgIpc) is 2.78. The first kappa shape index (κ1) is 33.5. The largest absolute Gasteiger partial charge is 0.331 e. The monoisotopic (exact) mass is 515 g/mol. The van der Waals surface area contributed by atoms with Gasteiger partial charge >= 0.3 is 0 Å². The van der Waals surface area contributed by atoms with Crippen molar-refractivity contribution in [3.05, 3.63) is 34.4 Å². The van der Waals surface area contributed by atoms with Crippen LogP contribution in [-0.2, 0) is 10.1 Å². The summed E-state index contributed by atoms with van der Waals surface area (Å²) in [6.45, 7) is 3.63. The highest BCUT2D eigenvalue weighted by Gasteiger charge is 2.13. The summed E-state index contributed by atoms with van der Waals surface area (Å²) >= 11 is 0. The Hall–Kier alpha value is -1.51. The van der Waals surface area contributed by atoms with Crippen molar-refractivity contribution in [2.75, 3.05) is 27.7 Å². The number of rotatable bonds is 19. The number of nitro groups is 1. The van der Waals surface area contributed by atoms with Crippen molar-refractivity contribution >= 4 is 15.8 Å². The molecule has 0 saturated heterocycles. The second-order valence-corrected chi connectivity index (χ2v) is 12.0. The van der Waals surface area contributed by atoms with Crippen LogP contribution in [-0.4, -0.2) is 50.1 Å². The van der Waals surface area contributed by atoms with Gasteiger partial charge in [-0.2, -0.15) is 8.42 Å². The second kappa shape index (κ2) is 19.7. The highest BCUT2D eigenvalue weighted by molar-refractivity contribution is 7.85. The molecule has 0 radical (unpaired) electrons. The second-order valence-electron chi connectivity index (χ2n) is 10.5. The van der Waals surface area contributed by atoms with E-state index in [1.807, 2.05) is 0 Å². The van der Waals surface area contributed by atoms with Gasteiger partial charge in [-0.3, -0.25) is 14.7 Å². The number of hydrogen-bond acceptors (Lipinski definition) is 4. The molecule has 0 aliphatic rings. The Balaban J connectivity index is 0.000000750. The molecule has 0 unspecified atom stereocenters. The van der Waals surface area contributed by atoms with Crippen LogP contribution in [0.2, 0.25) is 0 Å². The first-order chi connectivity index (χ1) is 16.5. The number of nitrogens with zero attached hydrogens (tertiary/aromatic N) is 2. The van der Waals surface area contributed by atoms with E-state index in [1.165, 1.54) is 115 Å². The zero-order valence-corrected chi connectivity index (χ0v) is 23.5. The van der Waals surface area contributed by atoms with Gasteiger partial charge < -0.3 is 4.48 Å². The van der Waals surface area contributed by atoms with Gasteiger partial charge in [0, 0.05) is 12.1 Å². The molecule has 0 fully saturated rings. The van der Waals surface area contributed by atoms with E-state index in [0.717, 1.165) is 22.7 Å². The first-order valence-electron chi connectivity index (χ1n) is 13.5. The van der Waals surface area contributed by atoms with E-state index in [-0.39, 0.29) is 5.69 Å². The Kier molecular flexibility index (Phi) is 18.8. The van der Waals surface area contributed by atoms with Crippen molar-refractivity contribution in [2.45, 2.75) is 115 Å². The highest BCUT2D eigenvalue weighted by atomic mass is 32.2. The number of nitro benzene ring substituents is 1. The van der Waals surface area contributed by atoms with Crippen LogP contribution >= 0.6 is 0 Å². The van der Waals surface area contributed by atoms with Gasteiger partial charge in [0.2, 0.25) is 0 Å². The third-order valence-electron chi connectivity index (χ3n) is 6.01. The maximum atomic E-state index is 10.5. The molecule has 0 bridgehead atoms. The number of hydrogen-bond donors (Lipinski definition) is 1. The molecule has 0 amide bonds. The molecule has 0 aliphatic carbocycles. The Morgan fingerprint density at radius 1 is 0.771 bits per heavy atom. The Labute approximate surface area is 214 Å². The zero-order chi connectivity index (χ0) is 26.6. The van der Waals surface area contributed by atoms with Gasteiger partial charge in [-0.15, -0.1) is 0 Å². The fourth-order valence-corrected chi connectivity index (χ4v) is 4.41. The summed E-state index contributed by atoms with van der Waals surface area (Å²) < 4.78 is 30.7. The third kappa shape index (κ3) is 21.5. The van der Waals surface area contributed by atoms with Crippen LogP contribution in [0.1, 0.15) is 110 Å². The third-order valence-corrected chi connectivity index (χ3v) is 6.86. The number of unbranched alkanes of at least 4 members (excludes halogenated alkanes) is 15. The summed E-state index contributed by atoms with van der Waals surface area (Å²) in [4.78, 5) is 8.98. The Morgan fingerprint density at radius 3 is 1.51 bits per heavy atom. The maximum absolute atomic E-state index is 10.5. The van der Waals surface area contributed by atoms with Crippen LogP contribution in [0.25, 0.3) is 0 Å². The lowest BCUT2D eigenvalue weighted by molar-refractivity contribution is -0.870. The van der Waals surface area contributed by atoms with E-state index in [4.69, 9.17) is 4.55 Å². The molecular weight excluding hydrogens is 464 g/mol. The summed E-state index contributed by atoms with van der Waals surface area (Å²) in [7, 11) is 2.53. The molecule has 1 aromatic rings. The molecule has 0 atom stereocenters. The molecule has 0 heterocycles. The lowest BCUT2D eigenvalue weighted by Crippen LogP contribution is -2.35. The standard InChI is InChI=1S/C21H46N.C6H5NO5S/c1-5-6-7-8-9-10-11-12-13-14-15-16-17-18-19-20-21-22(2,3)4;8-7(9)5-2-1-3-6(4-5)13(10,11)12/h5-21H2,1-4H3;1-4H,(H,10,11,12)/q+1;. The first-order valence-corrected chi connectivity index (χ1v) is 14.9. The van der Waals surface area contributed by atoms with Crippen LogP contribution < -0.4 is 0 Å². The minimum Gasteiger partial charge on any atom is -0.331 e. The van der Waals surface area contributed by atoms with E-state index in [2.05, 4.69) is 28.1 Å². The highest BCUT2D eigenvalue weighted by Crippen LogP contribution is 2.17. The topological polar surface area (TPSA) is 97.5 Å². The average molecular weight is 516 g/mol. The predicted molar refractivity (Wildman–Crippen MR) is 145 cm³/mol. The molecule has 35 heavy (non-hydrogen) atoms. The van der Waals surface area contributed by atoms with Crippen LogP contribution in [0.5, 0.6) is 0 Å². The van der Waals surface area contributed by atoms with Crippen molar-refractivity contribution < 1.29 is 22.4 Å². The van der Waals surface area contributed by atoms with Crippen molar-refractivity contribution in [2.24, 2.45) is 0 Å². The van der Waals surface area contributed by atoms with Crippen molar-refractivity contribution in [3.8, 4) is 0 Å². The number of non-ortho nitro benzene ring substituents is 1. The summed E-state index contributed by atoms with van der Waals surface area (Å²) in [6, 6.07) is 4.17. The van der Waals surface area contributed by atoms with E-state index < -0.39 is 19.9 Å². The zero-order valence-electron chi connectivity index (χ0n) is 22.7. The molecule has 7 nitrogen and oxygen atoms in total. The molecule has 204 valence electrons. The molecule has 1 rings (SSSR count). The summed E-state index contributed by atoms with van der Waals surface area (Å²) in [5, 5.41) is 10.2. The SMILES string of the molecule is CCCCCCCCCCCCCCCCCC[N+](C)(C)C.O=[N+]([O-])c1cccc(S(=O)(=O)O)c1. The van der Waals surface area contributed by atoms with E-state index in [1.54, 1.807) is 0 Å². The molecular formula is C27H51N2O5S+. The summed E-state index contributed by atoms with van der Waals surface area (Å²) in [5.74, 6) is 0. The van der Waals surface area contributed by atoms with Gasteiger partial charge in [0.25, 0.3) is 15.8 Å². The lowest BCUT2D eigenvalue weighted by atomic mass is 10.0. The van der Waals surface area contributed by atoms with E-state index in [0.29, 0.717) is 0 Å². The van der Waals surface area contributed by atoms with Crippen LogP contribution in [0, 0.1) is 10.1 Å². The van der Waals surface area contributed by atoms with Crippen molar-refractivity contribution in [1.29, 1.82) is 0 Å². The van der Waals surface area contributed by atoms with Crippen LogP contribution in [0.4, 0.5) is 5.69 Å². The lowest BCUT2D eigenvalue weighted by Gasteiger charge is -2.23. The molecule has 0 aliphatic heterocycles. The number of benzene rings is 1. The van der Waals surface area contributed by atoms with Gasteiger partial charge in [0.15, 0.2) is 0 Å². The Morgan fingerprint density at radius 2 is 1.17 bits per heavy atom. The Bertz CT molecular complexity index is 776. The molecule has 8 heteroatoms. The van der Waals surface area contributed by atoms with Crippen molar-refractivity contribution in [1.82, 2.24) is 0 Å². The predicted octanol–water partition coefficient (Wildman–Crippen LogP) is 7.80. The van der Waals surface area contributed by atoms with Gasteiger partial charge in [-0.25, -0.2) is 0 Å². The van der Waals surface area contributed by atoms with Gasteiger partial charge in [-0.1, -0.05) is 103 Å². The summed E-state index contributed by atoms with van der Waals surface area (Å²) in [6.07, 6.45) is 23.4. The smallest absolute Gasteiger partial charge is 0.294 e. The van der Waals surface area contributed by atoms with Gasteiger partial charge in [0.05, 0.1) is 32.6 Å². The van der Waals surface area contributed by atoms with Crippen LogP contribution in [0.15, 0.2) is 29.2 Å². The molecule has 0 aromatic heterocycles. The van der Waals surface area contributed by atoms with Crippen LogP contribution in [0.3, 0.4) is 0 Å². The molecule has 1 N–H and O–H groups in total. The normalized spacial score (nSPS) is 11.7. The van der Waals surface area contributed by atoms with Crippen molar-refractivity contribution in [3.63, 3.8) is 0 Å². The fraction of sp³-hybridized carbons (Fsp3) is 0.778. The van der Waals surface area contributed by atoms with Gasteiger partial charge in [-0.05, 0) is 18.9 Å². The fourth-order valence-electron chi connectivity index (χ4n) is 3.89. The maximum Gasteiger partial charge on any atom is 0.294 e. The quantitative estimate of drug-likeness (QED) is 0.0666. The van der Waals surface area contributed by atoms with E-state index >= 15 is 0 Å². The minimum atomic E-state index is -4.36. The van der Waals surface area contributed by atoms with E-state index in [9.17, 15) is 18.5 Å².